The van der Waals surface area contributed by atoms with Gasteiger partial charge in [0.05, 0.1) is 36.9 Å². The van der Waals surface area contributed by atoms with Gasteiger partial charge in [0, 0.05) is 13.1 Å². The minimum atomic E-state index is -0.0472. The first-order valence-corrected chi connectivity index (χ1v) is 7.23. The Labute approximate surface area is 115 Å². The zero-order valence-electron chi connectivity index (χ0n) is 12.3. The Morgan fingerprint density at radius 2 is 1.95 bits per heavy atom. The zero-order chi connectivity index (χ0) is 14.2. The number of hydrogen-bond donors (Lipinski definition) is 1. The fourth-order valence-corrected chi connectivity index (χ4v) is 3.15. The van der Waals surface area contributed by atoms with Gasteiger partial charge in [-0.05, 0) is 26.7 Å². The molecule has 0 aliphatic carbocycles. The second kappa shape index (κ2) is 5.77. The van der Waals surface area contributed by atoms with E-state index in [1.165, 1.54) is 0 Å². The predicted octanol–water partition coefficient (Wildman–Crippen LogP) is 0.621. The summed E-state index contributed by atoms with van der Waals surface area (Å²) in [6.45, 7) is 9.79. The Hall–Kier alpha value is -0.650. The molecule has 2 aliphatic rings. The van der Waals surface area contributed by atoms with Gasteiger partial charge in [0.1, 0.15) is 0 Å². The Kier molecular flexibility index (Phi) is 4.48. The van der Waals surface area contributed by atoms with E-state index in [9.17, 15) is 4.79 Å². The molecule has 19 heavy (non-hydrogen) atoms. The molecule has 0 aromatic carbocycles. The van der Waals surface area contributed by atoms with E-state index in [-0.39, 0.29) is 42.1 Å². The Morgan fingerprint density at radius 1 is 1.26 bits per heavy atom. The molecule has 2 aliphatic heterocycles. The van der Waals surface area contributed by atoms with Crippen LogP contribution in [0.3, 0.4) is 0 Å². The molecule has 2 rings (SSSR count). The van der Waals surface area contributed by atoms with Gasteiger partial charge in [0.2, 0.25) is 5.91 Å². The van der Waals surface area contributed by atoms with Crippen molar-refractivity contribution in [2.75, 3.05) is 19.7 Å². The second-order valence-corrected chi connectivity index (χ2v) is 5.96. The van der Waals surface area contributed by atoms with E-state index in [4.69, 9.17) is 15.2 Å². The van der Waals surface area contributed by atoms with Crippen LogP contribution in [0.15, 0.2) is 0 Å². The molecule has 0 aromatic rings. The average Bonchev–Trinajstić information content (AvgIpc) is 2.63. The molecule has 2 fully saturated rings. The molecule has 2 N–H and O–H groups in total. The lowest BCUT2D eigenvalue weighted by molar-refractivity contribution is -0.150. The van der Waals surface area contributed by atoms with Crippen LogP contribution in [0, 0.1) is 11.8 Å². The van der Waals surface area contributed by atoms with Crippen LogP contribution in [-0.4, -0.2) is 54.9 Å². The standard InChI is InChI=1S/C14H26N2O3/c1-8-7-18-12(5-15)6-16(8)14(17)13-9(2)10(3)19-11(13)4/h8-13H,5-7,15H2,1-4H3. The first-order chi connectivity index (χ1) is 8.95. The van der Waals surface area contributed by atoms with Crippen molar-refractivity contribution in [3.8, 4) is 0 Å². The molecule has 1 amide bonds. The smallest absolute Gasteiger partial charge is 0.229 e. The number of morpholine rings is 1. The van der Waals surface area contributed by atoms with E-state index < -0.39 is 0 Å². The summed E-state index contributed by atoms with van der Waals surface area (Å²) in [7, 11) is 0. The van der Waals surface area contributed by atoms with Crippen LogP contribution >= 0.6 is 0 Å². The van der Waals surface area contributed by atoms with Crippen molar-refractivity contribution in [3.05, 3.63) is 0 Å². The van der Waals surface area contributed by atoms with Crippen LogP contribution in [0.1, 0.15) is 27.7 Å². The molecule has 5 heteroatoms. The molecule has 6 unspecified atom stereocenters. The summed E-state index contributed by atoms with van der Waals surface area (Å²) in [5.41, 5.74) is 5.65. The Balaban J connectivity index is 2.09. The number of carbonyl (C=O) groups excluding carboxylic acids is 1. The van der Waals surface area contributed by atoms with Crippen LogP contribution in [0.5, 0.6) is 0 Å². The van der Waals surface area contributed by atoms with Gasteiger partial charge in [-0.15, -0.1) is 0 Å². The first kappa shape index (κ1) is 14.8. The molecule has 0 bridgehead atoms. The van der Waals surface area contributed by atoms with Crippen molar-refractivity contribution in [2.24, 2.45) is 17.6 Å². The third-order valence-electron chi connectivity index (χ3n) is 4.58. The van der Waals surface area contributed by atoms with Crippen molar-refractivity contribution in [3.63, 3.8) is 0 Å². The summed E-state index contributed by atoms with van der Waals surface area (Å²) >= 11 is 0. The molecule has 0 saturated carbocycles. The average molecular weight is 270 g/mol. The van der Waals surface area contributed by atoms with E-state index in [0.717, 1.165) is 0 Å². The third kappa shape index (κ3) is 2.78. The number of ether oxygens (including phenoxy) is 2. The third-order valence-corrected chi connectivity index (χ3v) is 4.58. The molecule has 5 nitrogen and oxygen atoms in total. The number of carbonyl (C=O) groups is 1. The van der Waals surface area contributed by atoms with Gasteiger partial charge in [-0.1, -0.05) is 6.92 Å². The molecule has 0 radical (unpaired) electrons. The van der Waals surface area contributed by atoms with Gasteiger partial charge in [-0.25, -0.2) is 0 Å². The van der Waals surface area contributed by atoms with E-state index in [0.29, 0.717) is 19.7 Å². The fourth-order valence-electron chi connectivity index (χ4n) is 3.15. The lowest BCUT2D eigenvalue weighted by Gasteiger charge is -2.39. The normalized spacial score (nSPS) is 43.5. The second-order valence-electron chi connectivity index (χ2n) is 5.96. The van der Waals surface area contributed by atoms with Crippen molar-refractivity contribution >= 4 is 5.91 Å². The molecular formula is C14H26N2O3. The van der Waals surface area contributed by atoms with Gasteiger partial charge in [-0.2, -0.15) is 0 Å². The van der Waals surface area contributed by atoms with Crippen molar-refractivity contribution in [1.29, 1.82) is 0 Å². The van der Waals surface area contributed by atoms with Gasteiger partial charge < -0.3 is 20.1 Å². The Morgan fingerprint density at radius 3 is 2.47 bits per heavy atom. The largest absolute Gasteiger partial charge is 0.374 e. The summed E-state index contributed by atoms with van der Waals surface area (Å²) in [4.78, 5) is 14.7. The maximum absolute atomic E-state index is 12.8. The number of nitrogens with zero attached hydrogens (tertiary/aromatic N) is 1. The highest BCUT2D eigenvalue weighted by molar-refractivity contribution is 5.80. The van der Waals surface area contributed by atoms with Crippen LogP contribution in [0.2, 0.25) is 0 Å². The van der Waals surface area contributed by atoms with Crippen LogP contribution in [-0.2, 0) is 14.3 Å². The van der Waals surface area contributed by atoms with E-state index in [1.807, 2.05) is 25.7 Å². The zero-order valence-corrected chi connectivity index (χ0v) is 12.3. The Bertz CT molecular complexity index is 337. The number of hydrogen-bond acceptors (Lipinski definition) is 4. The fraction of sp³-hybridized carbons (Fsp3) is 0.929. The number of nitrogens with two attached hydrogens (primary N) is 1. The molecule has 110 valence electrons. The molecule has 2 heterocycles. The molecular weight excluding hydrogens is 244 g/mol. The first-order valence-electron chi connectivity index (χ1n) is 7.23. The highest BCUT2D eigenvalue weighted by Crippen LogP contribution is 2.34. The number of amides is 1. The van der Waals surface area contributed by atoms with Crippen molar-refractivity contribution in [2.45, 2.75) is 52.0 Å². The maximum Gasteiger partial charge on any atom is 0.229 e. The molecule has 6 atom stereocenters. The molecule has 2 saturated heterocycles. The topological polar surface area (TPSA) is 64.8 Å². The summed E-state index contributed by atoms with van der Waals surface area (Å²) < 4.78 is 11.4. The van der Waals surface area contributed by atoms with Gasteiger partial charge in [-0.3, -0.25) is 4.79 Å². The van der Waals surface area contributed by atoms with Gasteiger partial charge in [0.25, 0.3) is 0 Å². The van der Waals surface area contributed by atoms with Crippen LogP contribution in [0.25, 0.3) is 0 Å². The number of rotatable bonds is 2. The molecule has 0 spiro atoms. The van der Waals surface area contributed by atoms with Crippen molar-refractivity contribution < 1.29 is 14.3 Å². The molecule has 0 aromatic heterocycles. The monoisotopic (exact) mass is 270 g/mol. The van der Waals surface area contributed by atoms with Crippen molar-refractivity contribution in [1.82, 2.24) is 4.90 Å². The lowest BCUT2D eigenvalue weighted by Crippen LogP contribution is -2.55. The SMILES string of the molecule is CC1OC(C)C(C(=O)N2CC(CN)OCC2C)C1C. The quantitative estimate of drug-likeness (QED) is 0.799. The minimum absolute atomic E-state index is 0.0103. The maximum atomic E-state index is 12.8. The summed E-state index contributed by atoms with van der Waals surface area (Å²) in [5, 5.41) is 0. The highest BCUT2D eigenvalue weighted by atomic mass is 16.5. The van der Waals surface area contributed by atoms with Crippen LogP contribution in [0.4, 0.5) is 0 Å². The van der Waals surface area contributed by atoms with Gasteiger partial charge in [0.15, 0.2) is 0 Å². The highest BCUT2D eigenvalue weighted by Gasteiger charge is 2.45. The van der Waals surface area contributed by atoms with Crippen LogP contribution < -0.4 is 5.73 Å². The van der Waals surface area contributed by atoms with Gasteiger partial charge >= 0.3 is 0 Å². The summed E-state index contributed by atoms with van der Waals surface area (Å²) in [5.74, 6) is 0.404. The lowest BCUT2D eigenvalue weighted by atomic mass is 9.87. The van der Waals surface area contributed by atoms with E-state index >= 15 is 0 Å². The predicted molar refractivity (Wildman–Crippen MR) is 72.6 cm³/mol. The minimum Gasteiger partial charge on any atom is -0.374 e. The van der Waals surface area contributed by atoms with E-state index in [2.05, 4.69) is 6.92 Å². The summed E-state index contributed by atoms with van der Waals surface area (Å²) in [6.07, 6.45) is 0.0972. The summed E-state index contributed by atoms with van der Waals surface area (Å²) in [6, 6.07) is 0.116. The van der Waals surface area contributed by atoms with E-state index in [1.54, 1.807) is 0 Å².